The van der Waals surface area contributed by atoms with E-state index in [0.717, 1.165) is 12.0 Å². The number of nitrogens with zero attached hydrogens (tertiary/aromatic N) is 2. The Labute approximate surface area is 212 Å². The van der Waals surface area contributed by atoms with Gasteiger partial charge in [-0.1, -0.05) is 12.1 Å². The first-order valence-electron chi connectivity index (χ1n) is 11.9. The van der Waals surface area contributed by atoms with E-state index in [1.54, 1.807) is 30.5 Å². The van der Waals surface area contributed by atoms with Crippen LogP contribution in [0.1, 0.15) is 43.7 Å². The highest BCUT2D eigenvalue weighted by Crippen LogP contribution is 2.35. The SMILES string of the molecule is COCCCN(CC(=O)N1CCc2sccc2[C@H]1COc1ccccc1OC)C(=O)NC(C)(C)C. The molecule has 9 heteroatoms. The summed E-state index contributed by atoms with van der Waals surface area (Å²) in [4.78, 5) is 31.2. The van der Waals surface area contributed by atoms with Crippen molar-refractivity contribution < 1.29 is 23.8 Å². The summed E-state index contributed by atoms with van der Waals surface area (Å²) in [5.74, 6) is 1.18. The molecular weight excluding hydrogens is 466 g/mol. The zero-order valence-electron chi connectivity index (χ0n) is 21.3. The van der Waals surface area contributed by atoms with Gasteiger partial charge in [-0.05, 0) is 62.8 Å². The van der Waals surface area contributed by atoms with Crippen LogP contribution < -0.4 is 14.8 Å². The number of hydrogen-bond donors (Lipinski definition) is 1. The quantitative estimate of drug-likeness (QED) is 0.494. The van der Waals surface area contributed by atoms with Gasteiger partial charge >= 0.3 is 6.03 Å². The number of benzene rings is 1. The lowest BCUT2D eigenvalue weighted by Crippen LogP contribution is -2.53. The molecule has 1 aliphatic heterocycles. The van der Waals surface area contributed by atoms with Gasteiger partial charge < -0.3 is 29.3 Å². The molecule has 1 atom stereocenters. The largest absolute Gasteiger partial charge is 0.493 e. The maximum Gasteiger partial charge on any atom is 0.318 e. The third kappa shape index (κ3) is 7.35. The van der Waals surface area contributed by atoms with E-state index < -0.39 is 5.54 Å². The molecule has 1 aliphatic rings. The fourth-order valence-corrected chi connectivity index (χ4v) is 5.02. The van der Waals surface area contributed by atoms with Crippen LogP contribution in [0.5, 0.6) is 11.5 Å². The molecule has 0 bridgehead atoms. The highest BCUT2D eigenvalue weighted by molar-refractivity contribution is 7.10. The van der Waals surface area contributed by atoms with Crippen molar-refractivity contribution in [3.8, 4) is 11.5 Å². The minimum absolute atomic E-state index is 0.00371. The van der Waals surface area contributed by atoms with Crippen LogP contribution in [0.25, 0.3) is 0 Å². The smallest absolute Gasteiger partial charge is 0.318 e. The molecule has 0 spiro atoms. The molecule has 1 aromatic carbocycles. The summed E-state index contributed by atoms with van der Waals surface area (Å²) >= 11 is 1.70. The Morgan fingerprint density at radius 2 is 1.91 bits per heavy atom. The van der Waals surface area contributed by atoms with E-state index in [1.165, 1.54) is 4.88 Å². The molecule has 0 fully saturated rings. The summed E-state index contributed by atoms with van der Waals surface area (Å²) in [6.07, 6.45) is 1.44. The van der Waals surface area contributed by atoms with Gasteiger partial charge in [0.05, 0.1) is 13.2 Å². The number of methoxy groups -OCH3 is 2. The minimum Gasteiger partial charge on any atom is -0.493 e. The molecule has 3 amide bonds. The van der Waals surface area contributed by atoms with Gasteiger partial charge in [0.25, 0.3) is 0 Å². The van der Waals surface area contributed by atoms with Crippen molar-refractivity contribution >= 4 is 23.3 Å². The first-order chi connectivity index (χ1) is 16.7. The summed E-state index contributed by atoms with van der Waals surface area (Å²) in [7, 11) is 3.24. The van der Waals surface area contributed by atoms with Gasteiger partial charge in [0.2, 0.25) is 5.91 Å². The number of para-hydroxylation sites is 2. The van der Waals surface area contributed by atoms with Crippen LogP contribution in [0.2, 0.25) is 0 Å². The number of amides is 3. The number of thiophene rings is 1. The number of carbonyl (C=O) groups excluding carboxylic acids is 2. The van der Waals surface area contributed by atoms with Crippen LogP contribution in [0.3, 0.4) is 0 Å². The molecule has 1 aromatic heterocycles. The van der Waals surface area contributed by atoms with E-state index in [4.69, 9.17) is 14.2 Å². The predicted octanol–water partition coefficient (Wildman–Crippen LogP) is 4.11. The lowest BCUT2D eigenvalue weighted by Gasteiger charge is -2.37. The molecule has 0 saturated carbocycles. The molecule has 0 unspecified atom stereocenters. The van der Waals surface area contributed by atoms with Crippen molar-refractivity contribution in [1.29, 1.82) is 0 Å². The van der Waals surface area contributed by atoms with E-state index in [-0.39, 0.29) is 24.5 Å². The average molecular weight is 504 g/mol. The second-order valence-electron chi connectivity index (χ2n) is 9.56. The molecule has 2 aromatic rings. The lowest BCUT2D eigenvalue weighted by molar-refractivity contribution is -0.135. The van der Waals surface area contributed by atoms with Gasteiger partial charge in [0, 0.05) is 37.2 Å². The van der Waals surface area contributed by atoms with E-state index in [9.17, 15) is 9.59 Å². The van der Waals surface area contributed by atoms with Crippen molar-refractivity contribution in [3.63, 3.8) is 0 Å². The third-order valence-corrected chi connectivity index (χ3v) is 6.75. The van der Waals surface area contributed by atoms with E-state index >= 15 is 0 Å². The summed E-state index contributed by atoms with van der Waals surface area (Å²) < 4.78 is 16.7. The fourth-order valence-electron chi connectivity index (χ4n) is 4.09. The highest BCUT2D eigenvalue weighted by atomic mass is 32.1. The Balaban J connectivity index is 1.77. The minimum atomic E-state index is -0.401. The Kier molecular flexibility index (Phi) is 9.40. The Bertz CT molecular complexity index is 987. The molecule has 192 valence electrons. The first kappa shape index (κ1) is 26.8. The van der Waals surface area contributed by atoms with Crippen LogP contribution in [-0.4, -0.2) is 74.3 Å². The van der Waals surface area contributed by atoms with Gasteiger partial charge in [-0.3, -0.25) is 4.79 Å². The number of rotatable bonds is 10. The second kappa shape index (κ2) is 12.3. The van der Waals surface area contributed by atoms with Crippen LogP contribution in [0.15, 0.2) is 35.7 Å². The summed E-state index contributed by atoms with van der Waals surface area (Å²) in [6.45, 7) is 7.60. The third-order valence-electron chi connectivity index (χ3n) is 5.75. The Hall–Kier alpha value is -2.78. The Morgan fingerprint density at radius 1 is 1.17 bits per heavy atom. The normalized spacial score (nSPS) is 15.3. The molecule has 0 saturated heterocycles. The van der Waals surface area contributed by atoms with Gasteiger partial charge in [0.1, 0.15) is 13.2 Å². The van der Waals surface area contributed by atoms with Crippen molar-refractivity contribution in [2.24, 2.45) is 0 Å². The number of urea groups is 1. The number of ether oxygens (including phenoxy) is 3. The molecule has 0 aliphatic carbocycles. The average Bonchev–Trinajstić information content (AvgIpc) is 3.30. The van der Waals surface area contributed by atoms with E-state index in [2.05, 4.69) is 16.8 Å². The van der Waals surface area contributed by atoms with Crippen LogP contribution in [-0.2, 0) is 16.0 Å². The van der Waals surface area contributed by atoms with Crippen LogP contribution in [0.4, 0.5) is 4.79 Å². The van der Waals surface area contributed by atoms with Crippen molar-refractivity contribution in [2.45, 2.75) is 45.2 Å². The van der Waals surface area contributed by atoms with Crippen molar-refractivity contribution in [1.82, 2.24) is 15.1 Å². The molecule has 0 radical (unpaired) electrons. The van der Waals surface area contributed by atoms with Gasteiger partial charge in [-0.15, -0.1) is 11.3 Å². The van der Waals surface area contributed by atoms with Gasteiger partial charge in [0.15, 0.2) is 11.5 Å². The first-order valence-corrected chi connectivity index (χ1v) is 12.8. The molecule has 35 heavy (non-hydrogen) atoms. The summed E-state index contributed by atoms with van der Waals surface area (Å²) in [5.41, 5.74) is 0.705. The maximum absolute atomic E-state index is 13.6. The van der Waals surface area contributed by atoms with Crippen molar-refractivity contribution in [2.75, 3.05) is 47.1 Å². The number of hydrogen-bond acceptors (Lipinski definition) is 6. The standard InChI is InChI=1S/C26H37N3O5S/c1-26(2,3)27-25(31)28(13-8-15-32-4)17-24(30)29-14-11-23-19(12-16-35-23)20(29)18-34-22-10-7-6-9-21(22)33-5/h6-7,9-10,12,16,20H,8,11,13-15,17-18H2,1-5H3,(H,27,31)/t20-/m1/s1. The van der Waals surface area contributed by atoms with Crippen LogP contribution in [0, 0.1) is 0 Å². The Morgan fingerprint density at radius 3 is 2.60 bits per heavy atom. The molecule has 3 rings (SSSR count). The molecular formula is C26H37N3O5S. The molecule has 8 nitrogen and oxygen atoms in total. The van der Waals surface area contributed by atoms with Gasteiger partial charge in [-0.25, -0.2) is 4.79 Å². The maximum atomic E-state index is 13.6. The summed E-state index contributed by atoms with van der Waals surface area (Å²) in [6, 6.07) is 9.06. The lowest BCUT2D eigenvalue weighted by atomic mass is 10.0. The van der Waals surface area contributed by atoms with E-state index in [0.29, 0.717) is 44.2 Å². The monoisotopic (exact) mass is 503 g/mol. The number of fused-ring (bicyclic) bond motifs is 1. The summed E-state index contributed by atoms with van der Waals surface area (Å²) in [5, 5.41) is 5.03. The topological polar surface area (TPSA) is 80.3 Å². The van der Waals surface area contributed by atoms with Crippen LogP contribution >= 0.6 is 11.3 Å². The number of carbonyl (C=O) groups is 2. The predicted molar refractivity (Wildman–Crippen MR) is 137 cm³/mol. The van der Waals surface area contributed by atoms with E-state index in [1.807, 2.05) is 49.9 Å². The van der Waals surface area contributed by atoms with Crippen molar-refractivity contribution in [3.05, 3.63) is 46.2 Å². The van der Waals surface area contributed by atoms with Gasteiger partial charge in [-0.2, -0.15) is 0 Å². The zero-order valence-corrected chi connectivity index (χ0v) is 22.2. The zero-order chi connectivity index (χ0) is 25.4. The molecule has 1 N–H and O–H groups in total. The number of nitrogens with one attached hydrogen (secondary N) is 1. The fraction of sp³-hybridized carbons (Fsp3) is 0.538. The second-order valence-corrected chi connectivity index (χ2v) is 10.6. The highest BCUT2D eigenvalue weighted by Gasteiger charge is 2.34. The molecule has 2 heterocycles.